The van der Waals surface area contributed by atoms with Crippen molar-refractivity contribution in [2.45, 2.75) is 24.9 Å². The van der Waals surface area contributed by atoms with Gasteiger partial charge in [-0.25, -0.2) is 0 Å². The molecule has 1 heterocycles. The van der Waals surface area contributed by atoms with Crippen LogP contribution >= 0.6 is 11.6 Å². The molecule has 0 unspecified atom stereocenters. The van der Waals surface area contributed by atoms with E-state index in [9.17, 15) is 14.7 Å². The molecule has 0 spiro atoms. The number of likely N-dealkylation sites (N-methyl/N-ethyl adjacent to an activating group) is 2. The highest BCUT2D eigenvalue weighted by molar-refractivity contribution is 6.30. The van der Waals surface area contributed by atoms with Gasteiger partial charge in [0.2, 0.25) is 5.91 Å². The number of aliphatic carboxylic acids is 1. The maximum atomic E-state index is 12.8. The number of rotatable bonds is 5. The Labute approximate surface area is 146 Å². The van der Waals surface area contributed by atoms with Gasteiger partial charge in [0.25, 0.3) is 0 Å². The molecule has 7 heteroatoms. The SMILES string of the molecule is CN(CCO)C(=O)[C@H]1C[C@@](C)(C(=O)O)N(C)[C@H]1c1ccc(Cl)cc1. The van der Waals surface area contributed by atoms with Crippen molar-refractivity contribution in [3.63, 3.8) is 0 Å². The number of aliphatic hydroxyl groups is 1. The zero-order valence-corrected chi connectivity index (χ0v) is 14.8. The van der Waals surface area contributed by atoms with Crippen LogP contribution in [0.1, 0.15) is 24.9 Å². The fraction of sp³-hybridized carbons (Fsp3) is 0.529. The monoisotopic (exact) mass is 354 g/mol. The van der Waals surface area contributed by atoms with E-state index in [1.165, 1.54) is 4.90 Å². The van der Waals surface area contributed by atoms with Crippen molar-refractivity contribution in [1.82, 2.24) is 9.80 Å². The molecule has 24 heavy (non-hydrogen) atoms. The molecule has 0 radical (unpaired) electrons. The molecule has 1 amide bonds. The number of carbonyl (C=O) groups excluding carboxylic acids is 1. The summed E-state index contributed by atoms with van der Waals surface area (Å²) in [5.41, 5.74) is -0.285. The van der Waals surface area contributed by atoms with Gasteiger partial charge in [0.1, 0.15) is 5.54 Å². The Balaban J connectivity index is 2.43. The second-order valence-electron chi connectivity index (χ2n) is 6.48. The highest BCUT2D eigenvalue weighted by Gasteiger charge is 2.54. The van der Waals surface area contributed by atoms with Gasteiger partial charge in [0.05, 0.1) is 12.5 Å². The molecule has 2 N–H and O–H groups in total. The molecule has 1 fully saturated rings. The van der Waals surface area contributed by atoms with Gasteiger partial charge in [-0.3, -0.25) is 14.5 Å². The van der Waals surface area contributed by atoms with E-state index < -0.39 is 17.4 Å². The molecule has 0 saturated carbocycles. The molecule has 6 nitrogen and oxygen atoms in total. The fourth-order valence-corrected chi connectivity index (χ4v) is 3.51. The minimum absolute atomic E-state index is 0.132. The van der Waals surface area contributed by atoms with Crippen LogP contribution in [0.2, 0.25) is 5.02 Å². The molecular weight excluding hydrogens is 332 g/mol. The Morgan fingerprint density at radius 1 is 1.38 bits per heavy atom. The summed E-state index contributed by atoms with van der Waals surface area (Å²) in [7, 11) is 3.35. The maximum absolute atomic E-state index is 12.8. The van der Waals surface area contributed by atoms with Crippen LogP contribution in [0.4, 0.5) is 0 Å². The van der Waals surface area contributed by atoms with E-state index in [-0.39, 0.29) is 31.5 Å². The van der Waals surface area contributed by atoms with E-state index in [0.717, 1.165) is 5.56 Å². The number of amides is 1. The quantitative estimate of drug-likeness (QED) is 0.840. The summed E-state index contributed by atoms with van der Waals surface area (Å²) in [5, 5.41) is 19.3. The van der Waals surface area contributed by atoms with Gasteiger partial charge < -0.3 is 15.1 Å². The molecule has 1 saturated heterocycles. The minimum Gasteiger partial charge on any atom is -0.480 e. The van der Waals surface area contributed by atoms with Gasteiger partial charge in [-0.1, -0.05) is 23.7 Å². The highest BCUT2D eigenvalue weighted by Crippen LogP contribution is 2.46. The number of hydrogen-bond acceptors (Lipinski definition) is 4. The van der Waals surface area contributed by atoms with Crippen molar-refractivity contribution in [3.05, 3.63) is 34.9 Å². The molecule has 132 valence electrons. The lowest BCUT2D eigenvalue weighted by Gasteiger charge is -2.32. The van der Waals surface area contributed by atoms with Crippen molar-refractivity contribution >= 4 is 23.5 Å². The smallest absolute Gasteiger partial charge is 0.323 e. The van der Waals surface area contributed by atoms with Gasteiger partial charge in [0, 0.05) is 24.7 Å². The van der Waals surface area contributed by atoms with Gasteiger partial charge in [0.15, 0.2) is 0 Å². The van der Waals surface area contributed by atoms with Gasteiger partial charge in [-0.15, -0.1) is 0 Å². The summed E-state index contributed by atoms with van der Waals surface area (Å²) < 4.78 is 0. The molecule has 3 atom stereocenters. The third-order valence-corrected chi connectivity index (χ3v) is 5.25. The van der Waals surface area contributed by atoms with Gasteiger partial charge in [-0.2, -0.15) is 0 Å². The van der Waals surface area contributed by atoms with E-state index in [0.29, 0.717) is 5.02 Å². The number of hydrogen-bond donors (Lipinski definition) is 2. The van der Waals surface area contributed by atoms with E-state index >= 15 is 0 Å². The summed E-state index contributed by atoms with van der Waals surface area (Å²) in [5.74, 6) is -1.63. The predicted molar refractivity (Wildman–Crippen MR) is 90.8 cm³/mol. The number of carboxylic acids is 1. The van der Waals surface area contributed by atoms with Crippen LogP contribution in [0, 0.1) is 5.92 Å². The molecular formula is C17H23ClN2O4. The number of halogens is 1. The van der Waals surface area contributed by atoms with Crippen LogP contribution in [0.25, 0.3) is 0 Å². The molecule has 0 aliphatic carbocycles. The molecule has 0 aromatic heterocycles. The molecule has 1 aliphatic heterocycles. The first-order valence-electron chi connectivity index (χ1n) is 7.80. The normalized spacial score (nSPS) is 27.2. The third-order valence-electron chi connectivity index (χ3n) is 5.00. The van der Waals surface area contributed by atoms with E-state index in [4.69, 9.17) is 16.7 Å². The predicted octanol–water partition coefficient (Wildman–Crippen LogP) is 1.63. The molecule has 2 rings (SSSR count). The lowest BCUT2D eigenvalue weighted by molar-refractivity contribution is -0.148. The Kier molecular flexibility index (Phi) is 5.52. The zero-order chi connectivity index (χ0) is 18.1. The van der Waals surface area contributed by atoms with Crippen LogP contribution in [-0.4, -0.2) is 64.7 Å². The number of likely N-dealkylation sites (tertiary alicyclic amines) is 1. The highest BCUT2D eigenvalue weighted by atomic mass is 35.5. The second kappa shape index (κ2) is 7.09. The van der Waals surface area contributed by atoms with E-state index in [1.807, 2.05) is 12.1 Å². The standard InChI is InChI=1S/C17H23ClN2O4/c1-17(16(23)24)10-13(15(22)19(2)8-9-21)14(20(17)3)11-4-6-12(18)7-5-11/h4-7,13-14,21H,8-10H2,1-3H3,(H,23,24)/t13-,14-,17-/m0/s1. The summed E-state index contributed by atoms with van der Waals surface area (Å²) in [4.78, 5) is 27.8. The largest absolute Gasteiger partial charge is 0.480 e. The average molecular weight is 355 g/mol. The van der Waals surface area contributed by atoms with Gasteiger partial charge >= 0.3 is 5.97 Å². The zero-order valence-electron chi connectivity index (χ0n) is 14.1. The summed E-state index contributed by atoms with van der Waals surface area (Å²) >= 11 is 5.94. The van der Waals surface area contributed by atoms with E-state index in [2.05, 4.69) is 0 Å². The van der Waals surface area contributed by atoms with Crippen molar-refractivity contribution in [2.24, 2.45) is 5.92 Å². The van der Waals surface area contributed by atoms with Crippen molar-refractivity contribution in [2.75, 3.05) is 27.2 Å². The van der Waals surface area contributed by atoms with Crippen LogP contribution in [0.5, 0.6) is 0 Å². The molecule has 0 bridgehead atoms. The fourth-order valence-electron chi connectivity index (χ4n) is 3.38. The van der Waals surface area contributed by atoms with Gasteiger partial charge in [-0.05, 0) is 38.1 Å². The Hall–Kier alpha value is -1.63. The maximum Gasteiger partial charge on any atom is 0.323 e. The van der Waals surface area contributed by atoms with E-state index in [1.54, 1.807) is 38.1 Å². The van der Waals surface area contributed by atoms with Crippen molar-refractivity contribution < 1.29 is 19.8 Å². The average Bonchev–Trinajstić information content (AvgIpc) is 2.81. The van der Waals surface area contributed by atoms with Crippen LogP contribution in [0.3, 0.4) is 0 Å². The number of nitrogens with zero attached hydrogens (tertiary/aromatic N) is 2. The number of carboxylic acid groups (broad SMARTS) is 1. The van der Waals surface area contributed by atoms with Crippen LogP contribution < -0.4 is 0 Å². The van der Waals surface area contributed by atoms with Crippen LogP contribution in [0.15, 0.2) is 24.3 Å². The first kappa shape index (κ1) is 18.7. The van der Waals surface area contributed by atoms with Crippen molar-refractivity contribution in [1.29, 1.82) is 0 Å². The summed E-state index contributed by atoms with van der Waals surface area (Å²) in [6.07, 6.45) is 0.209. The lowest BCUT2D eigenvalue weighted by atomic mass is 9.89. The Morgan fingerprint density at radius 2 is 1.96 bits per heavy atom. The third kappa shape index (κ3) is 3.27. The van der Waals surface area contributed by atoms with Crippen molar-refractivity contribution in [3.8, 4) is 0 Å². The Bertz CT molecular complexity index is 622. The number of aliphatic hydroxyl groups excluding tert-OH is 1. The molecule has 1 aromatic carbocycles. The Morgan fingerprint density at radius 3 is 2.46 bits per heavy atom. The topological polar surface area (TPSA) is 81.1 Å². The first-order valence-corrected chi connectivity index (χ1v) is 8.17. The number of benzene rings is 1. The molecule has 1 aliphatic rings. The van der Waals surface area contributed by atoms with Crippen LogP contribution in [-0.2, 0) is 9.59 Å². The summed E-state index contributed by atoms with van der Waals surface area (Å²) in [6.45, 7) is 1.72. The lowest BCUT2D eigenvalue weighted by Crippen LogP contribution is -2.46. The first-order chi connectivity index (χ1) is 11.2. The summed E-state index contributed by atoms with van der Waals surface area (Å²) in [6, 6.07) is 6.75. The minimum atomic E-state index is -1.13. The molecule has 1 aromatic rings. The number of carbonyl (C=O) groups is 2. The second-order valence-corrected chi connectivity index (χ2v) is 6.92.